The van der Waals surface area contributed by atoms with Gasteiger partial charge < -0.3 is 4.90 Å². The second kappa shape index (κ2) is 12.9. The van der Waals surface area contributed by atoms with E-state index in [1.807, 2.05) is 13.0 Å². The number of rotatable bonds is 10. The zero-order valence-corrected chi connectivity index (χ0v) is 24.1. The van der Waals surface area contributed by atoms with E-state index in [0.717, 1.165) is 69.4 Å². The third-order valence-corrected chi connectivity index (χ3v) is 8.51. The number of piperidine rings is 1. The highest BCUT2D eigenvalue weighted by molar-refractivity contribution is 8.26. The summed E-state index contributed by atoms with van der Waals surface area (Å²) in [6.45, 7) is 13.5. The Morgan fingerprint density at radius 2 is 1.72 bits per heavy atom. The summed E-state index contributed by atoms with van der Waals surface area (Å²) in [6.07, 6.45) is 9.13. The molecule has 8 heteroatoms. The maximum atomic E-state index is 13.5. The first-order chi connectivity index (χ1) is 17.2. The zero-order valence-electron chi connectivity index (χ0n) is 22.4. The molecule has 0 aliphatic carbocycles. The van der Waals surface area contributed by atoms with Crippen LogP contribution in [0, 0.1) is 30.1 Å². The number of thioether (sulfide) groups is 1. The van der Waals surface area contributed by atoms with Crippen LogP contribution in [0.5, 0.6) is 0 Å². The lowest BCUT2D eigenvalue weighted by molar-refractivity contribution is -0.122. The average Bonchev–Trinajstić information content (AvgIpc) is 3.09. The number of unbranched alkanes of at least 4 members (excludes halogenated alkanes) is 4. The highest BCUT2D eigenvalue weighted by Crippen LogP contribution is 2.37. The SMILES string of the molecule is CCCCCCN1C(=O)C(=Cc2c(C)c(C#N)c(=O)n(CCCC)c2N2CC(C)CC(C)C2)SC1=S. The largest absolute Gasteiger partial charge is 0.357 e. The molecular formula is C28H40N4O2S2. The summed E-state index contributed by atoms with van der Waals surface area (Å²) in [5.41, 5.74) is 1.37. The van der Waals surface area contributed by atoms with Crippen LogP contribution in [-0.2, 0) is 11.3 Å². The smallest absolute Gasteiger partial charge is 0.270 e. The number of nitriles is 1. The Morgan fingerprint density at radius 3 is 2.33 bits per heavy atom. The van der Waals surface area contributed by atoms with E-state index in [1.165, 1.54) is 11.8 Å². The van der Waals surface area contributed by atoms with Crippen LogP contribution in [-0.4, -0.2) is 39.3 Å². The maximum absolute atomic E-state index is 13.5. The summed E-state index contributed by atoms with van der Waals surface area (Å²) in [7, 11) is 0. The molecule has 36 heavy (non-hydrogen) atoms. The van der Waals surface area contributed by atoms with Crippen molar-refractivity contribution in [2.45, 2.75) is 86.1 Å². The molecule has 1 aromatic heterocycles. The minimum atomic E-state index is -0.232. The van der Waals surface area contributed by atoms with Gasteiger partial charge in [-0.25, -0.2) is 0 Å². The molecule has 0 aromatic carbocycles. The van der Waals surface area contributed by atoms with Gasteiger partial charge in [0.1, 0.15) is 21.8 Å². The lowest BCUT2D eigenvalue weighted by Crippen LogP contribution is -2.43. The molecule has 0 N–H and O–H groups in total. The van der Waals surface area contributed by atoms with Crippen molar-refractivity contribution in [2.75, 3.05) is 24.5 Å². The number of hydrogen-bond donors (Lipinski definition) is 0. The molecule has 2 fully saturated rings. The fourth-order valence-corrected chi connectivity index (χ4v) is 6.66. The molecule has 2 aliphatic heterocycles. The molecule has 2 aliphatic rings. The number of amides is 1. The molecule has 2 saturated heterocycles. The van der Waals surface area contributed by atoms with Crippen molar-refractivity contribution in [1.82, 2.24) is 9.47 Å². The third kappa shape index (κ3) is 6.23. The number of nitrogens with zero attached hydrogens (tertiary/aromatic N) is 4. The van der Waals surface area contributed by atoms with Gasteiger partial charge >= 0.3 is 0 Å². The van der Waals surface area contributed by atoms with Gasteiger partial charge in [-0.3, -0.25) is 19.1 Å². The number of hydrogen-bond acceptors (Lipinski definition) is 6. The quantitative estimate of drug-likeness (QED) is 0.208. The van der Waals surface area contributed by atoms with Gasteiger partial charge in [0.15, 0.2) is 0 Å². The normalized spacial score (nSPS) is 21.5. The van der Waals surface area contributed by atoms with Crippen LogP contribution >= 0.6 is 24.0 Å². The van der Waals surface area contributed by atoms with Gasteiger partial charge in [-0.1, -0.05) is 77.4 Å². The van der Waals surface area contributed by atoms with E-state index in [9.17, 15) is 14.9 Å². The molecule has 3 rings (SSSR count). The van der Waals surface area contributed by atoms with Crippen molar-refractivity contribution in [1.29, 1.82) is 5.26 Å². The van der Waals surface area contributed by atoms with E-state index in [-0.39, 0.29) is 17.0 Å². The Kier molecular flexibility index (Phi) is 10.2. The van der Waals surface area contributed by atoms with Crippen molar-refractivity contribution in [3.8, 4) is 6.07 Å². The maximum Gasteiger partial charge on any atom is 0.270 e. The molecule has 196 valence electrons. The number of carbonyl (C=O) groups excluding carboxylic acids is 1. The first-order valence-corrected chi connectivity index (χ1v) is 14.6. The summed E-state index contributed by atoms with van der Waals surface area (Å²) in [5.74, 6) is 1.76. The van der Waals surface area contributed by atoms with Gasteiger partial charge in [-0.2, -0.15) is 5.26 Å². The molecule has 6 nitrogen and oxygen atoms in total. The Morgan fingerprint density at radius 1 is 1.06 bits per heavy atom. The summed E-state index contributed by atoms with van der Waals surface area (Å²) < 4.78 is 2.37. The van der Waals surface area contributed by atoms with E-state index in [2.05, 4.69) is 38.7 Å². The Hall–Kier alpha value is -2.11. The van der Waals surface area contributed by atoms with Crippen molar-refractivity contribution < 1.29 is 4.79 Å². The highest BCUT2D eigenvalue weighted by Gasteiger charge is 2.34. The molecule has 1 aromatic rings. The second-order valence-electron chi connectivity index (χ2n) is 10.4. The van der Waals surface area contributed by atoms with E-state index < -0.39 is 0 Å². The van der Waals surface area contributed by atoms with Crippen LogP contribution in [0.15, 0.2) is 9.70 Å². The van der Waals surface area contributed by atoms with Crippen LogP contribution in [0.3, 0.4) is 0 Å². The van der Waals surface area contributed by atoms with Crippen LogP contribution in [0.4, 0.5) is 5.82 Å². The van der Waals surface area contributed by atoms with Crippen LogP contribution < -0.4 is 10.5 Å². The minimum Gasteiger partial charge on any atom is -0.357 e. The molecule has 2 atom stereocenters. The lowest BCUT2D eigenvalue weighted by atomic mass is 9.91. The van der Waals surface area contributed by atoms with E-state index in [0.29, 0.717) is 39.7 Å². The minimum absolute atomic E-state index is 0.0722. The van der Waals surface area contributed by atoms with Crippen molar-refractivity contribution in [3.05, 3.63) is 31.9 Å². The molecule has 1 amide bonds. The molecule has 0 spiro atoms. The average molecular weight is 529 g/mol. The number of thiocarbonyl (C=S) groups is 1. The van der Waals surface area contributed by atoms with Gasteiger partial charge in [0, 0.05) is 31.7 Å². The van der Waals surface area contributed by atoms with E-state index >= 15 is 0 Å². The lowest BCUT2D eigenvalue weighted by Gasteiger charge is -2.39. The molecule has 0 saturated carbocycles. The topological polar surface area (TPSA) is 69.3 Å². The Balaban J connectivity index is 2.12. The van der Waals surface area contributed by atoms with Crippen molar-refractivity contribution in [3.63, 3.8) is 0 Å². The fraction of sp³-hybridized carbons (Fsp3) is 0.643. The van der Waals surface area contributed by atoms with Crippen LogP contribution in [0.2, 0.25) is 0 Å². The zero-order chi connectivity index (χ0) is 26.4. The van der Waals surface area contributed by atoms with Gasteiger partial charge in [0.05, 0.1) is 4.91 Å². The number of pyridine rings is 1. The van der Waals surface area contributed by atoms with Gasteiger partial charge in [-0.15, -0.1) is 0 Å². The molecule has 0 radical (unpaired) electrons. The first-order valence-electron chi connectivity index (χ1n) is 13.4. The Bertz CT molecular complexity index is 1110. The predicted molar refractivity (Wildman–Crippen MR) is 154 cm³/mol. The number of carbonyl (C=O) groups is 1. The second-order valence-corrected chi connectivity index (χ2v) is 12.1. The van der Waals surface area contributed by atoms with Crippen LogP contribution in [0.25, 0.3) is 6.08 Å². The number of aromatic nitrogens is 1. The summed E-state index contributed by atoms with van der Waals surface area (Å²) >= 11 is 6.90. The first kappa shape index (κ1) is 28.5. The van der Waals surface area contributed by atoms with Gasteiger partial charge in [-0.05, 0) is 49.7 Å². The van der Waals surface area contributed by atoms with Crippen molar-refractivity contribution in [2.24, 2.45) is 11.8 Å². The summed E-state index contributed by atoms with van der Waals surface area (Å²) in [5, 5.41) is 9.90. The fourth-order valence-electron chi connectivity index (χ4n) is 5.36. The van der Waals surface area contributed by atoms with Gasteiger partial charge in [0.2, 0.25) is 0 Å². The predicted octanol–water partition coefficient (Wildman–Crippen LogP) is 6.09. The van der Waals surface area contributed by atoms with Crippen LogP contribution in [0.1, 0.15) is 89.3 Å². The Labute approximate surface area is 225 Å². The molecule has 0 bridgehead atoms. The van der Waals surface area contributed by atoms with E-state index in [4.69, 9.17) is 12.2 Å². The van der Waals surface area contributed by atoms with Crippen molar-refractivity contribution >= 4 is 46.1 Å². The summed E-state index contributed by atoms with van der Waals surface area (Å²) in [4.78, 5) is 31.4. The molecule has 2 unspecified atom stereocenters. The van der Waals surface area contributed by atoms with E-state index in [1.54, 1.807) is 9.47 Å². The third-order valence-electron chi connectivity index (χ3n) is 7.13. The molecular weight excluding hydrogens is 488 g/mol. The molecule has 3 heterocycles. The summed E-state index contributed by atoms with van der Waals surface area (Å²) in [6, 6.07) is 2.15. The van der Waals surface area contributed by atoms with Gasteiger partial charge in [0.25, 0.3) is 11.5 Å². The standard InChI is InChI=1S/C28H40N4O2S2/c1-6-8-10-11-13-32-27(34)24(36-28(32)35)15-22-21(5)23(16-29)26(33)31(12-9-7-2)25(22)30-17-19(3)14-20(4)18-30/h15,19-20H,6-14,17-18H2,1-5H3. The number of anilines is 1. The highest BCUT2D eigenvalue weighted by atomic mass is 32.2. The monoisotopic (exact) mass is 528 g/mol.